The number of nitriles is 2. The standard InChI is InChI=1S/C10H5N2/c11-7-6-10(8-12)9-4-2-1-3-5-9/h1-4,6H/b10-6+. The number of hydrogen-bond donors (Lipinski definition) is 0. The fraction of sp³-hybridized carbons (Fsp3) is 0. The third kappa shape index (κ3) is 1.71. The number of benzene rings is 1. The zero-order valence-corrected chi connectivity index (χ0v) is 6.28. The minimum Gasteiger partial charge on any atom is -0.193 e. The van der Waals surface area contributed by atoms with Gasteiger partial charge in [0.05, 0.1) is 11.6 Å². The summed E-state index contributed by atoms with van der Waals surface area (Å²) in [6.45, 7) is 0. The summed E-state index contributed by atoms with van der Waals surface area (Å²) in [7, 11) is 0. The molecule has 0 spiro atoms. The Morgan fingerprint density at radius 2 is 2.25 bits per heavy atom. The highest BCUT2D eigenvalue weighted by molar-refractivity contribution is 5.77. The van der Waals surface area contributed by atoms with E-state index in [1.807, 2.05) is 18.2 Å². The van der Waals surface area contributed by atoms with E-state index in [2.05, 4.69) is 6.07 Å². The van der Waals surface area contributed by atoms with Crippen LogP contribution in [0.2, 0.25) is 0 Å². The van der Waals surface area contributed by atoms with Crippen LogP contribution in [0.4, 0.5) is 0 Å². The van der Waals surface area contributed by atoms with E-state index in [0.717, 1.165) is 0 Å². The summed E-state index contributed by atoms with van der Waals surface area (Å²) in [6.07, 6.45) is 1.21. The molecule has 2 nitrogen and oxygen atoms in total. The van der Waals surface area contributed by atoms with Crippen molar-refractivity contribution < 1.29 is 0 Å². The summed E-state index contributed by atoms with van der Waals surface area (Å²) < 4.78 is 0. The summed E-state index contributed by atoms with van der Waals surface area (Å²) in [4.78, 5) is 0. The van der Waals surface area contributed by atoms with Gasteiger partial charge in [-0.15, -0.1) is 0 Å². The first kappa shape index (κ1) is 8.04. The summed E-state index contributed by atoms with van der Waals surface area (Å²) in [5.41, 5.74) is 1.000. The van der Waals surface area contributed by atoms with Gasteiger partial charge < -0.3 is 0 Å². The molecule has 55 valence electrons. The average Bonchev–Trinajstić information content (AvgIpc) is 2.15. The normalized spacial score (nSPS) is 10.0. The molecule has 0 unspecified atom stereocenters. The van der Waals surface area contributed by atoms with Crippen LogP contribution in [-0.2, 0) is 0 Å². The van der Waals surface area contributed by atoms with Crippen LogP contribution in [0.1, 0.15) is 5.56 Å². The van der Waals surface area contributed by atoms with E-state index in [1.165, 1.54) is 6.08 Å². The summed E-state index contributed by atoms with van der Waals surface area (Å²) in [5.74, 6) is 0. The quantitative estimate of drug-likeness (QED) is 0.578. The zero-order valence-electron chi connectivity index (χ0n) is 6.28. The van der Waals surface area contributed by atoms with Gasteiger partial charge in [-0.05, 0) is 6.07 Å². The maximum absolute atomic E-state index is 8.62. The minimum atomic E-state index is 0.345. The van der Waals surface area contributed by atoms with Crippen molar-refractivity contribution in [1.29, 1.82) is 10.5 Å². The van der Waals surface area contributed by atoms with Crippen molar-refractivity contribution in [2.24, 2.45) is 0 Å². The van der Waals surface area contributed by atoms with Crippen molar-refractivity contribution in [3.05, 3.63) is 42.0 Å². The topological polar surface area (TPSA) is 47.6 Å². The number of allylic oxidation sites excluding steroid dienone is 2. The number of rotatable bonds is 1. The minimum absolute atomic E-state index is 0.345. The second kappa shape index (κ2) is 3.95. The van der Waals surface area contributed by atoms with E-state index in [-0.39, 0.29) is 0 Å². The van der Waals surface area contributed by atoms with Crippen LogP contribution in [0.3, 0.4) is 0 Å². The van der Waals surface area contributed by atoms with Gasteiger partial charge in [-0.1, -0.05) is 24.3 Å². The van der Waals surface area contributed by atoms with Gasteiger partial charge in [0, 0.05) is 11.6 Å². The molecule has 1 aromatic carbocycles. The molecule has 1 rings (SSSR count). The lowest BCUT2D eigenvalue weighted by Crippen LogP contribution is -1.79. The lowest BCUT2D eigenvalue weighted by Gasteiger charge is -1.92. The molecule has 0 saturated carbocycles. The molecule has 0 bridgehead atoms. The van der Waals surface area contributed by atoms with E-state index in [0.29, 0.717) is 11.1 Å². The Kier molecular flexibility index (Phi) is 2.65. The van der Waals surface area contributed by atoms with Gasteiger partial charge in [0.15, 0.2) is 0 Å². The largest absolute Gasteiger partial charge is 0.193 e. The maximum atomic E-state index is 8.62. The van der Waals surface area contributed by atoms with Crippen LogP contribution in [0, 0.1) is 28.7 Å². The van der Waals surface area contributed by atoms with E-state index in [4.69, 9.17) is 10.5 Å². The highest BCUT2D eigenvalue weighted by Gasteiger charge is 1.97. The Morgan fingerprint density at radius 3 is 2.75 bits per heavy atom. The lowest BCUT2D eigenvalue weighted by atomic mass is 10.1. The molecule has 0 heterocycles. The Morgan fingerprint density at radius 1 is 1.42 bits per heavy atom. The van der Waals surface area contributed by atoms with E-state index < -0.39 is 0 Å². The predicted octanol–water partition coefficient (Wildman–Crippen LogP) is 1.92. The fourth-order valence-corrected chi connectivity index (χ4v) is 0.796. The molecule has 0 N–H and O–H groups in total. The zero-order chi connectivity index (χ0) is 8.81. The highest BCUT2D eigenvalue weighted by Crippen LogP contribution is 2.10. The molecule has 0 atom stereocenters. The van der Waals surface area contributed by atoms with Crippen molar-refractivity contribution in [3.8, 4) is 12.1 Å². The first-order valence-electron chi connectivity index (χ1n) is 3.35. The predicted molar refractivity (Wildman–Crippen MR) is 44.5 cm³/mol. The second-order valence-electron chi connectivity index (χ2n) is 2.08. The number of nitrogens with zero attached hydrogens (tertiary/aromatic N) is 2. The van der Waals surface area contributed by atoms with E-state index >= 15 is 0 Å². The summed E-state index contributed by atoms with van der Waals surface area (Å²) in [5, 5.41) is 17.0. The van der Waals surface area contributed by atoms with Gasteiger partial charge in [-0.2, -0.15) is 10.5 Å². The molecule has 1 aromatic rings. The van der Waals surface area contributed by atoms with Crippen molar-refractivity contribution in [3.63, 3.8) is 0 Å². The third-order valence-corrected chi connectivity index (χ3v) is 1.33. The van der Waals surface area contributed by atoms with Gasteiger partial charge in [0.1, 0.15) is 6.07 Å². The lowest BCUT2D eigenvalue weighted by molar-refractivity contribution is 1.50. The molecule has 12 heavy (non-hydrogen) atoms. The van der Waals surface area contributed by atoms with Crippen molar-refractivity contribution in [2.45, 2.75) is 0 Å². The Hall–Kier alpha value is -2.06. The molecule has 0 aromatic heterocycles. The molecular formula is C10H5N2. The molecular weight excluding hydrogens is 148 g/mol. The first-order chi connectivity index (χ1) is 5.88. The molecule has 0 aliphatic carbocycles. The smallest absolute Gasteiger partial charge is 0.101 e. The SMILES string of the molecule is N#C/C=C(\C#N)c1[c]cccc1. The molecule has 0 amide bonds. The monoisotopic (exact) mass is 153 g/mol. The van der Waals surface area contributed by atoms with Crippen LogP contribution in [0.25, 0.3) is 5.57 Å². The molecule has 0 saturated heterocycles. The molecule has 0 aliphatic rings. The Bertz CT molecular complexity index is 363. The molecule has 0 fully saturated rings. The fourth-order valence-electron chi connectivity index (χ4n) is 0.796. The molecule has 0 aliphatic heterocycles. The maximum Gasteiger partial charge on any atom is 0.101 e. The first-order valence-corrected chi connectivity index (χ1v) is 3.35. The van der Waals surface area contributed by atoms with Crippen molar-refractivity contribution in [1.82, 2.24) is 0 Å². The summed E-state index contributed by atoms with van der Waals surface area (Å²) >= 11 is 0. The molecule has 1 radical (unpaired) electrons. The van der Waals surface area contributed by atoms with Crippen LogP contribution in [0.5, 0.6) is 0 Å². The average molecular weight is 153 g/mol. The van der Waals surface area contributed by atoms with Crippen LogP contribution < -0.4 is 0 Å². The van der Waals surface area contributed by atoms with Gasteiger partial charge >= 0.3 is 0 Å². The van der Waals surface area contributed by atoms with Crippen molar-refractivity contribution in [2.75, 3.05) is 0 Å². The van der Waals surface area contributed by atoms with Crippen molar-refractivity contribution >= 4 is 5.57 Å². The van der Waals surface area contributed by atoms with Gasteiger partial charge in [-0.3, -0.25) is 0 Å². The Labute approximate surface area is 71.0 Å². The number of hydrogen-bond acceptors (Lipinski definition) is 2. The summed E-state index contributed by atoms with van der Waals surface area (Å²) in [6, 6.07) is 13.7. The van der Waals surface area contributed by atoms with E-state index in [9.17, 15) is 0 Å². The van der Waals surface area contributed by atoms with Gasteiger partial charge in [0.25, 0.3) is 0 Å². The van der Waals surface area contributed by atoms with E-state index in [1.54, 1.807) is 18.2 Å². The van der Waals surface area contributed by atoms with Crippen LogP contribution in [0.15, 0.2) is 30.3 Å². The highest BCUT2D eigenvalue weighted by atomic mass is 14.3. The Balaban J connectivity index is 3.09. The van der Waals surface area contributed by atoms with Crippen LogP contribution in [-0.4, -0.2) is 0 Å². The van der Waals surface area contributed by atoms with Crippen LogP contribution >= 0.6 is 0 Å². The molecule has 2 heteroatoms. The van der Waals surface area contributed by atoms with Gasteiger partial charge in [-0.25, -0.2) is 0 Å². The second-order valence-corrected chi connectivity index (χ2v) is 2.08. The third-order valence-electron chi connectivity index (χ3n) is 1.33. The van der Waals surface area contributed by atoms with Gasteiger partial charge in [0.2, 0.25) is 0 Å².